The molecule has 0 saturated carbocycles. The van der Waals surface area contributed by atoms with Crippen LogP contribution in [0.5, 0.6) is 0 Å². The summed E-state index contributed by atoms with van der Waals surface area (Å²) >= 11 is 0. The van der Waals surface area contributed by atoms with Gasteiger partial charge in [-0.25, -0.2) is 0 Å². The maximum absolute atomic E-state index is 10.4. The Kier molecular flexibility index (Phi) is 17.9. The van der Waals surface area contributed by atoms with E-state index in [2.05, 4.69) is 23.7 Å². The van der Waals surface area contributed by atoms with E-state index in [4.69, 9.17) is 10.2 Å². The Balaban J connectivity index is 3.29. The summed E-state index contributed by atoms with van der Waals surface area (Å²) in [6.45, 7) is 0. The van der Waals surface area contributed by atoms with Crippen molar-refractivity contribution in [2.24, 2.45) is 0 Å². The maximum Gasteiger partial charge on any atom is 0.303 e. The highest BCUT2D eigenvalue weighted by molar-refractivity contribution is 5.66. The highest BCUT2D eigenvalue weighted by Crippen LogP contribution is 2.09. The fourth-order valence-electron chi connectivity index (χ4n) is 2.61. The van der Waals surface area contributed by atoms with Crippen molar-refractivity contribution in [3.8, 4) is 23.7 Å². The number of carboxylic acids is 2. The van der Waals surface area contributed by atoms with Crippen LogP contribution in [-0.2, 0) is 9.59 Å². The lowest BCUT2D eigenvalue weighted by Crippen LogP contribution is -1.93. The normalized spacial score (nSPS) is 9.69. The van der Waals surface area contributed by atoms with E-state index in [1.165, 1.54) is 0 Å². The molecule has 0 aromatic heterocycles. The van der Waals surface area contributed by atoms with Crippen LogP contribution < -0.4 is 0 Å². The molecule has 2 N–H and O–H groups in total. The molecule has 0 atom stereocenters. The van der Waals surface area contributed by atoms with E-state index in [9.17, 15) is 9.59 Å². The van der Waals surface area contributed by atoms with Gasteiger partial charge in [0.1, 0.15) is 0 Å². The molecule has 0 amide bonds. The maximum atomic E-state index is 10.4. The summed E-state index contributed by atoms with van der Waals surface area (Å²) in [5.74, 6) is 10.6. The Morgan fingerprint density at radius 1 is 0.500 bits per heavy atom. The van der Waals surface area contributed by atoms with Crippen LogP contribution in [-0.4, -0.2) is 22.2 Å². The summed E-state index contributed by atoms with van der Waals surface area (Å²) in [5.41, 5.74) is 0. The van der Waals surface area contributed by atoms with Crippen LogP contribution in [0.1, 0.15) is 103 Å². The molecule has 0 heterocycles. The van der Waals surface area contributed by atoms with Crippen molar-refractivity contribution >= 4 is 11.9 Å². The van der Waals surface area contributed by atoms with Crippen molar-refractivity contribution < 1.29 is 19.8 Å². The third kappa shape index (κ3) is 22.1. The summed E-state index contributed by atoms with van der Waals surface area (Å²) in [6, 6.07) is 0. The van der Waals surface area contributed by atoms with Gasteiger partial charge in [0.25, 0.3) is 0 Å². The van der Waals surface area contributed by atoms with Gasteiger partial charge in [-0.05, 0) is 37.5 Å². The zero-order chi connectivity index (χ0) is 19.3. The summed E-state index contributed by atoms with van der Waals surface area (Å²) in [6.07, 6.45) is 15.0. The minimum atomic E-state index is -0.700. The molecule has 0 aromatic rings. The van der Waals surface area contributed by atoms with Crippen LogP contribution in [0, 0.1) is 23.7 Å². The van der Waals surface area contributed by atoms with Crippen molar-refractivity contribution in [1.82, 2.24) is 0 Å². The molecule has 26 heavy (non-hydrogen) atoms. The molecular formula is C22H34O4. The summed E-state index contributed by atoms with van der Waals surface area (Å²) in [7, 11) is 0. The fraction of sp³-hybridized carbons (Fsp3) is 0.727. The van der Waals surface area contributed by atoms with E-state index in [-0.39, 0.29) is 12.8 Å². The second kappa shape index (κ2) is 19.4. The van der Waals surface area contributed by atoms with Gasteiger partial charge in [0.15, 0.2) is 0 Å². The molecule has 0 fully saturated rings. The largest absolute Gasteiger partial charge is 0.481 e. The van der Waals surface area contributed by atoms with E-state index in [1.807, 2.05) is 0 Å². The molecule has 0 aromatic carbocycles. The van der Waals surface area contributed by atoms with Gasteiger partial charge in [0.05, 0.1) is 0 Å². The standard InChI is InChI=1S/C22H34O4/c23-21(24)19-17-15-13-11-9-7-5-3-1-2-4-6-8-10-12-14-16-18-20-22(25)26/h5-20H2,(H,23,24)(H,25,26). The van der Waals surface area contributed by atoms with Crippen molar-refractivity contribution in [2.45, 2.75) is 103 Å². The number of hydrogen-bond acceptors (Lipinski definition) is 2. The van der Waals surface area contributed by atoms with Gasteiger partial charge >= 0.3 is 11.9 Å². The molecule has 4 heteroatoms. The number of hydrogen-bond donors (Lipinski definition) is 2. The quantitative estimate of drug-likeness (QED) is 0.285. The summed E-state index contributed by atoms with van der Waals surface area (Å²) in [4.78, 5) is 20.7. The number of aliphatic carboxylic acids is 2. The Hall–Kier alpha value is -1.94. The predicted molar refractivity (Wildman–Crippen MR) is 105 cm³/mol. The van der Waals surface area contributed by atoms with Gasteiger partial charge in [-0.15, -0.1) is 0 Å². The number of carbonyl (C=O) groups is 2. The summed E-state index contributed by atoms with van der Waals surface area (Å²) in [5, 5.41) is 17.1. The molecule has 4 nitrogen and oxygen atoms in total. The lowest BCUT2D eigenvalue weighted by molar-refractivity contribution is -0.138. The van der Waals surface area contributed by atoms with E-state index < -0.39 is 11.9 Å². The second-order valence-electron chi connectivity index (χ2n) is 6.63. The van der Waals surface area contributed by atoms with Gasteiger partial charge < -0.3 is 10.2 Å². The van der Waals surface area contributed by atoms with Gasteiger partial charge in [-0.2, -0.15) is 0 Å². The number of carboxylic acid groups (broad SMARTS) is 2. The van der Waals surface area contributed by atoms with E-state index in [0.717, 1.165) is 89.9 Å². The lowest BCUT2D eigenvalue weighted by Gasteiger charge is -1.98. The Morgan fingerprint density at radius 2 is 0.808 bits per heavy atom. The zero-order valence-corrected chi connectivity index (χ0v) is 16.0. The Morgan fingerprint density at radius 3 is 1.15 bits per heavy atom. The first-order valence-corrected chi connectivity index (χ1v) is 10.0. The van der Waals surface area contributed by atoms with E-state index in [1.54, 1.807) is 0 Å². The lowest BCUT2D eigenvalue weighted by atomic mass is 10.1. The van der Waals surface area contributed by atoms with Crippen molar-refractivity contribution in [3.05, 3.63) is 0 Å². The monoisotopic (exact) mass is 362 g/mol. The van der Waals surface area contributed by atoms with Crippen molar-refractivity contribution in [1.29, 1.82) is 0 Å². The Bertz CT molecular complexity index is 442. The van der Waals surface area contributed by atoms with Crippen LogP contribution in [0.4, 0.5) is 0 Å². The first-order valence-electron chi connectivity index (χ1n) is 10.0. The summed E-state index contributed by atoms with van der Waals surface area (Å²) < 4.78 is 0. The van der Waals surface area contributed by atoms with Crippen LogP contribution in [0.15, 0.2) is 0 Å². The molecule has 0 bridgehead atoms. The fourth-order valence-corrected chi connectivity index (χ4v) is 2.61. The van der Waals surface area contributed by atoms with Gasteiger partial charge in [0.2, 0.25) is 0 Å². The van der Waals surface area contributed by atoms with Crippen LogP contribution in [0.2, 0.25) is 0 Å². The van der Waals surface area contributed by atoms with Crippen LogP contribution in [0.25, 0.3) is 0 Å². The van der Waals surface area contributed by atoms with Crippen LogP contribution in [0.3, 0.4) is 0 Å². The average Bonchev–Trinajstić information content (AvgIpc) is 2.59. The predicted octanol–water partition coefficient (Wildman–Crippen LogP) is 5.40. The Labute approximate surface area is 158 Å². The molecule has 0 aliphatic heterocycles. The SMILES string of the molecule is O=C(O)CCCCCCCCC#CC#CCCCCCCCCC(=O)O. The van der Waals surface area contributed by atoms with Crippen LogP contribution >= 0.6 is 0 Å². The van der Waals surface area contributed by atoms with Crippen molar-refractivity contribution in [3.63, 3.8) is 0 Å². The third-order valence-electron chi connectivity index (χ3n) is 4.12. The minimum Gasteiger partial charge on any atom is -0.481 e. The van der Waals surface area contributed by atoms with E-state index in [0.29, 0.717) is 0 Å². The molecule has 0 radical (unpaired) electrons. The average molecular weight is 363 g/mol. The zero-order valence-electron chi connectivity index (χ0n) is 16.0. The molecule has 146 valence electrons. The van der Waals surface area contributed by atoms with Gasteiger partial charge in [0, 0.05) is 25.7 Å². The van der Waals surface area contributed by atoms with Crippen molar-refractivity contribution in [2.75, 3.05) is 0 Å². The number of rotatable bonds is 16. The first kappa shape index (κ1) is 24.1. The third-order valence-corrected chi connectivity index (χ3v) is 4.12. The van der Waals surface area contributed by atoms with Gasteiger partial charge in [-0.3, -0.25) is 9.59 Å². The number of unbranched alkanes of at least 4 members (excludes halogenated alkanes) is 12. The van der Waals surface area contributed by atoms with Gasteiger partial charge in [-0.1, -0.05) is 63.2 Å². The highest BCUT2D eigenvalue weighted by Gasteiger charge is 1.97. The second-order valence-corrected chi connectivity index (χ2v) is 6.63. The minimum absolute atomic E-state index is 0.289. The topological polar surface area (TPSA) is 74.6 Å². The molecule has 0 aliphatic rings. The first-order chi connectivity index (χ1) is 12.6. The highest BCUT2D eigenvalue weighted by atomic mass is 16.4. The molecule has 0 rings (SSSR count). The molecule has 0 aliphatic carbocycles. The molecule has 0 spiro atoms. The molecule has 0 unspecified atom stereocenters. The smallest absolute Gasteiger partial charge is 0.303 e. The molecule has 0 saturated heterocycles. The molecular weight excluding hydrogens is 328 g/mol. The van der Waals surface area contributed by atoms with E-state index >= 15 is 0 Å².